The van der Waals surface area contributed by atoms with E-state index < -0.39 is 17.4 Å². The topological polar surface area (TPSA) is 40.5 Å². The van der Waals surface area contributed by atoms with Gasteiger partial charge in [0.2, 0.25) is 0 Å². The molecule has 8 aromatic rings. The molecule has 2 aliphatic rings. The molecule has 0 spiro atoms. The van der Waals surface area contributed by atoms with Crippen LogP contribution in [0.4, 0.5) is 0 Å². The third-order valence-corrected chi connectivity index (χ3v) is 31.4. The fourth-order valence-corrected chi connectivity index (χ4v) is 32.0. The van der Waals surface area contributed by atoms with Crippen LogP contribution in [0.3, 0.4) is 0 Å². The summed E-state index contributed by atoms with van der Waals surface area (Å²) in [6.45, 7) is 14.8. The van der Waals surface area contributed by atoms with Crippen LogP contribution in [-0.4, -0.2) is 17.1 Å². The molecule has 2 N–H and O–H groups in total. The molecule has 0 amide bonds. The summed E-state index contributed by atoms with van der Waals surface area (Å²) in [5.74, 6) is 0.829. The minimum atomic E-state index is -3.62. The van der Waals surface area contributed by atoms with Gasteiger partial charge in [0.15, 0.2) is 0 Å². The van der Waals surface area contributed by atoms with Crippen molar-refractivity contribution in [2.24, 2.45) is 0 Å². The van der Waals surface area contributed by atoms with E-state index in [0.29, 0.717) is 18.8 Å². The molecular weight excluding hydrogens is 848 g/mol. The number of aromatic hydroxyl groups is 2. The van der Waals surface area contributed by atoms with Crippen LogP contribution in [0.1, 0.15) is 65.6 Å². The van der Waals surface area contributed by atoms with Crippen LogP contribution < -0.4 is 0 Å². The number of benzene rings is 8. The summed E-state index contributed by atoms with van der Waals surface area (Å²) in [5.41, 5.74) is 18.2. The van der Waals surface area contributed by atoms with Gasteiger partial charge in [0.05, 0.1) is 0 Å². The number of allylic oxidation sites excluding steroid dienone is 2. The standard InChI is InChI=1S/2C20H15.2C8H10O.2CH3.H2Si.Zr/c2*1-14-12-16-8-5-11-19(20(16)13-14)18-10-4-7-15-6-2-3-9-17(15)18;2*1-6-4-3-5-7(2)8(6)9;;;;/h2*2-13H,1H3;2*3-5,9H,1-2H3;2*1H3;1H2;. The van der Waals surface area contributed by atoms with Crippen molar-refractivity contribution in [3.05, 3.63) is 213 Å². The summed E-state index contributed by atoms with van der Waals surface area (Å²) in [7, 11) is 0. The average molecular weight is 906 g/mol. The zero-order valence-electron chi connectivity index (χ0n) is 37.4. The molecule has 10 rings (SSSR count). The Hall–Kier alpha value is -5.54. The number of para-hydroxylation sites is 2. The second-order valence-corrected chi connectivity index (χ2v) is 49.2. The third-order valence-electron chi connectivity index (χ3n) is 13.5. The molecule has 0 saturated heterocycles. The first-order chi connectivity index (χ1) is 29.6. The molecule has 4 heteroatoms. The second-order valence-electron chi connectivity index (χ2n) is 18.7. The van der Waals surface area contributed by atoms with Gasteiger partial charge < -0.3 is 10.2 Å². The fourth-order valence-electron chi connectivity index (χ4n) is 10.8. The number of aryl methyl sites for hydroxylation is 4. The molecule has 62 heavy (non-hydrogen) atoms. The van der Waals surface area contributed by atoms with Gasteiger partial charge in [0.25, 0.3) is 0 Å². The summed E-state index contributed by atoms with van der Waals surface area (Å²) < 4.78 is 6.48. The van der Waals surface area contributed by atoms with E-state index in [1.807, 2.05) is 64.1 Å². The molecule has 2 aliphatic carbocycles. The Bertz CT molecular complexity index is 2900. The Morgan fingerprint density at radius 3 is 1.06 bits per heavy atom. The number of hydrogen-bond donors (Lipinski definition) is 2. The SMILES string of the molecule is CC1=Cc2c(-c3cccc4ccccc34)cccc2[CH]1[Zr]([CH3])([CH3])(=[SiH2])[CH]1C(C)=Cc2c(-c3cccc4ccccc34)cccc21.Cc1cccc(C)c1O.Cc1cccc(C)c1O. The average Bonchev–Trinajstić information content (AvgIpc) is 3.81. The van der Waals surface area contributed by atoms with Crippen molar-refractivity contribution in [2.75, 3.05) is 0 Å². The zero-order chi connectivity index (χ0) is 43.9. The van der Waals surface area contributed by atoms with Crippen LogP contribution >= 0.6 is 0 Å². The zero-order valence-corrected chi connectivity index (χ0v) is 41.3. The summed E-state index contributed by atoms with van der Waals surface area (Å²) in [5, 5.41) is 23.7. The number of phenols is 2. The summed E-state index contributed by atoms with van der Waals surface area (Å²) >= 11 is -3.62. The monoisotopic (exact) mass is 904 g/mol. The van der Waals surface area contributed by atoms with Crippen molar-refractivity contribution < 1.29 is 27.6 Å². The number of phenolic OH excluding ortho intramolecular Hbond substituents is 2. The maximum Gasteiger partial charge on any atom is 0.121 e. The minimum Gasteiger partial charge on any atom is -0.507 e. The number of fused-ring (bicyclic) bond motifs is 4. The van der Waals surface area contributed by atoms with Crippen LogP contribution in [0.2, 0.25) is 9.26 Å². The Kier molecular flexibility index (Phi) is 11.8. The first-order valence-electron chi connectivity index (χ1n) is 21.8. The molecule has 0 radical (unpaired) electrons. The van der Waals surface area contributed by atoms with Crippen molar-refractivity contribution >= 4 is 40.6 Å². The molecule has 2 unspecified atom stereocenters. The van der Waals surface area contributed by atoms with Gasteiger partial charge in [-0.05, 0) is 49.9 Å². The largest absolute Gasteiger partial charge is 0.507 e. The van der Waals surface area contributed by atoms with E-state index in [-0.39, 0.29) is 0 Å². The predicted molar refractivity (Wildman–Crippen MR) is 267 cm³/mol. The quantitative estimate of drug-likeness (QED) is 0.173. The van der Waals surface area contributed by atoms with Gasteiger partial charge in [-0.15, -0.1) is 0 Å². The molecule has 0 fully saturated rings. The van der Waals surface area contributed by atoms with E-state index in [4.69, 9.17) is 0 Å². The van der Waals surface area contributed by atoms with Gasteiger partial charge in [0.1, 0.15) is 11.5 Å². The molecule has 2 atom stereocenters. The van der Waals surface area contributed by atoms with Crippen LogP contribution in [0, 0.1) is 27.7 Å². The van der Waals surface area contributed by atoms with Gasteiger partial charge in [-0.1, -0.05) is 36.4 Å². The van der Waals surface area contributed by atoms with Crippen molar-refractivity contribution in [2.45, 2.75) is 58.1 Å². The molecule has 0 aromatic heterocycles. The minimum absolute atomic E-state index is 0.414. The van der Waals surface area contributed by atoms with Crippen LogP contribution in [0.15, 0.2) is 169 Å². The molecule has 0 bridgehead atoms. The van der Waals surface area contributed by atoms with E-state index in [1.54, 1.807) is 22.3 Å². The van der Waals surface area contributed by atoms with Gasteiger partial charge in [-0.2, -0.15) is 0 Å². The predicted octanol–water partition coefficient (Wildman–Crippen LogP) is 15.3. The van der Waals surface area contributed by atoms with Crippen molar-refractivity contribution in [1.82, 2.24) is 0 Å². The van der Waals surface area contributed by atoms with Crippen molar-refractivity contribution in [1.29, 1.82) is 0 Å². The van der Waals surface area contributed by atoms with E-state index >= 15 is 0 Å². The van der Waals surface area contributed by atoms with Crippen LogP contribution in [0.25, 0.3) is 56.0 Å². The smallest absolute Gasteiger partial charge is 0.121 e. The van der Waals surface area contributed by atoms with Gasteiger partial charge in [0, 0.05) is 0 Å². The Balaban J connectivity index is 0.000000243. The molecule has 310 valence electrons. The summed E-state index contributed by atoms with van der Waals surface area (Å²) in [6.07, 6.45) is 5.07. The number of hydrogen-bond acceptors (Lipinski definition) is 2. The van der Waals surface area contributed by atoms with Crippen molar-refractivity contribution in [3.63, 3.8) is 0 Å². The summed E-state index contributed by atoms with van der Waals surface area (Å²) in [4.78, 5) is 0. The van der Waals surface area contributed by atoms with Crippen molar-refractivity contribution in [3.8, 4) is 33.8 Å². The summed E-state index contributed by atoms with van der Waals surface area (Å²) in [6, 6.07) is 56.7. The van der Waals surface area contributed by atoms with Gasteiger partial charge in [-0.3, -0.25) is 0 Å². The van der Waals surface area contributed by atoms with E-state index in [0.717, 1.165) is 22.3 Å². The molecule has 0 heterocycles. The van der Waals surface area contributed by atoms with E-state index in [2.05, 4.69) is 163 Å². The molecular formula is C58H58O2SiZr. The van der Waals surface area contributed by atoms with Gasteiger partial charge in [-0.25, -0.2) is 0 Å². The van der Waals surface area contributed by atoms with Crippen LogP contribution in [0.5, 0.6) is 11.5 Å². The van der Waals surface area contributed by atoms with E-state index in [1.165, 1.54) is 54.9 Å². The first-order valence-corrected chi connectivity index (χ1v) is 35.5. The van der Waals surface area contributed by atoms with Crippen LogP contribution in [-0.2, 0) is 17.4 Å². The second kappa shape index (κ2) is 17.0. The number of rotatable bonds is 4. The Morgan fingerprint density at radius 2 is 0.694 bits per heavy atom. The molecule has 2 nitrogen and oxygen atoms in total. The maximum absolute atomic E-state index is 9.21. The first kappa shape index (κ1) is 43.1. The third kappa shape index (κ3) is 7.89. The molecule has 8 aromatic carbocycles. The molecule has 0 aliphatic heterocycles. The van der Waals surface area contributed by atoms with Gasteiger partial charge >= 0.3 is 265 Å². The van der Waals surface area contributed by atoms with E-state index in [9.17, 15) is 10.2 Å². The Morgan fingerprint density at radius 1 is 0.387 bits per heavy atom. The normalized spacial score (nSPS) is 15.4. The molecule has 0 saturated carbocycles. The fraction of sp³-hybridized carbons (Fsp3) is 0.172. The maximum atomic E-state index is 9.21. The Labute approximate surface area is 370 Å².